The zero-order valence-corrected chi connectivity index (χ0v) is 25.7. The Morgan fingerprint density at radius 2 is 1.56 bits per heavy atom. The molecule has 3 amide bonds. The molecular weight excluding hydrogens is 622 g/mol. The van der Waals surface area contributed by atoms with Gasteiger partial charge in [0.2, 0.25) is 0 Å². The van der Waals surface area contributed by atoms with Crippen molar-refractivity contribution in [3.05, 3.63) is 119 Å². The largest absolute Gasteiger partial charge is 0.374 e. The second-order valence-corrected chi connectivity index (χ2v) is 12.4. The molecule has 1 atom stereocenters. The number of amides is 3. The number of nitro benzene ring substituents is 1. The lowest BCUT2D eigenvalue weighted by molar-refractivity contribution is -0.384. The molecule has 1 unspecified atom stereocenters. The number of urea groups is 1. The molecule has 0 saturated heterocycles. The quantitative estimate of drug-likeness (QED) is 0.0848. The highest BCUT2D eigenvalue weighted by Crippen LogP contribution is 2.29. The first kappa shape index (κ1) is 33.0. The Hall–Kier alpha value is -4.95. The van der Waals surface area contributed by atoms with Gasteiger partial charge in [-0.3, -0.25) is 14.9 Å². The smallest absolute Gasteiger partial charge is 0.314 e. The first-order chi connectivity index (χ1) is 21.6. The molecule has 0 aliphatic carbocycles. The van der Waals surface area contributed by atoms with Gasteiger partial charge in [0.25, 0.3) is 21.6 Å². The third-order valence-corrected chi connectivity index (χ3v) is 8.93. The summed E-state index contributed by atoms with van der Waals surface area (Å²) in [4.78, 5) is 36.6. The number of hydrogen-bond donors (Lipinski definition) is 4. The van der Waals surface area contributed by atoms with E-state index in [1.807, 2.05) is 35.1 Å². The number of nitrogens with one attached hydrogen (secondary N) is 4. The van der Waals surface area contributed by atoms with E-state index in [0.29, 0.717) is 23.4 Å². The van der Waals surface area contributed by atoms with Crippen molar-refractivity contribution in [1.82, 2.24) is 15.4 Å². The number of sulfonamides is 1. The SMILES string of the molecule is CCNC(=O)NCC(CSc1ccccc1)Nc1ccc(S(=O)(=O)NC(=O)c2ccc(-c3ccc(F)cc3)cc2)cc1[N+](=O)[O-]. The van der Waals surface area contributed by atoms with Crippen molar-refractivity contribution >= 4 is 45.1 Å². The highest BCUT2D eigenvalue weighted by atomic mass is 32.2. The lowest BCUT2D eigenvalue weighted by Gasteiger charge is -2.21. The number of rotatable bonds is 13. The normalized spacial score (nSPS) is 11.7. The van der Waals surface area contributed by atoms with Crippen LogP contribution in [0.2, 0.25) is 0 Å². The first-order valence-electron chi connectivity index (χ1n) is 13.7. The van der Waals surface area contributed by atoms with Crippen LogP contribution in [0.25, 0.3) is 11.1 Å². The summed E-state index contributed by atoms with van der Waals surface area (Å²) in [7, 11) is -4.49. The summed E-state index contributed by atoms with van der Waals surface area (Å²) in [5.74, 6) is -0.900. The molecule has 4 aromatic rings. The van der Waals surface area contributed by atoms with Gasteiger partial charge >= 0.3 is 6.03 Å². The molecular formula is C31H30FN5O6S2. The van der Waals surface area contributed by atoms with Crippen LogP contribution in [-0.2, 0) is 10.0 Å². The number of carbonyl (C=O) groups is 2. The zero-order valence-electron chi connectivity index (χ0n) is 24.0. The van der Waals surface area contributed by atoms with Crippen LogP contribution in [0, 0.1) is 15.9 Å². The molecule has 0 saturated carbocycles. The predicted octanol–water partition coefficient (Wildman–Crippen LogP) is 5.41. The van der Waals surface area contributed by atoms with E-state index in [4.69, 9.17) is 0 Å². The molecule has 0 heterocycles. The standard InChI is InChI=1S/C31H30FN5O6S2/c1-2-33-31(39)34-19-25(20-44-26-6-4-3-5-7-26)35-28-17-16-27(18-29(28)37(40)41)45(42,43)36-30(38)23-10-8-21(9-11-23)22-12-14-24(32)15-13-22/h3-18,25,35H,2,19-20H2,1H3,(H,36,38)(H2,33,34,39). The van der Waals surface area contributed by atoms with Gasteiger partial charge in [-0.1, -0.05) is 42.5 Å². The van der Waals surface area contributed by atoms with Crippen molar-refractivity contribution in [1.29, 1.82) is 0 Å². The molecule has 4 aromatic carbocycles. The van der Waals surface area contributed by atoms with E-state index in [9.17, 15) is 32.5 Å². The monoisotopic (exact) mass is 651 g/mol. The molecule has 0 radical (unpaired) electrons. The lowest BCUT2D eigenvalue weighted by Crippen LogP contribution is -2.42. The Labute approximate surface area is 263 Å². The summed E-state index contributed by atoms with van der Waals surface area (Å²) < 4.78 is 41.3. The molecule has 45 heavy (non-hydrogen) atoms. The van der Waals surface area contributed by atoms with E-state index >= 15 is 0 Å². The Bertz CT molecular complexity index is 1760. The number of halogens is 1. The van der Waals surface area contributed by atoms with Gasteiger partial charge in [-0.05, 0) is 66.6 Å². The molecule has 4 rings (SSSR count). The van der Waals surface area contributed by atoms with E-state index in [-0.39, 0.29) is 23.6 Å². The van der Waals surface area contributed by atoms with Gasteiger partial charge in [-0.15, -0.1) is 11.8 Å². The average Bonchev–Trinajstić information content (AvgIpc) is 3.03. The van der Waals surface area contributed by atoms with E-state index in [1.165, 1.54) is 42.1 Å². The number of anilines is 1. The number of thioether (sulfide) groups is 1. The van der Waals surface area contributed by atoms with Crippen molar-refractivity contribution in [2.45, 2.75) is 22.8 Å². The van der Waals surface area contributed by atoms with Crippen molar-refractivity contribution in [3.8, 4) is 11.1 Å². The Kier molecular flexibility index (Phi) is 11.1. The van der Waals surface area contributed by atoms with Crippen LogP contribution in [0.5, 0.6) is 0 Å². The minimum absolute atomic E-state index is 0.0376. The Morgan fingerprint density at radius 1 is 0.911 bits per heavy atom. The number of benzene rings is 4. The molecule has 14 heteroatoms. The zero-order chi connectivity index (χ0) is 32.4. The molecule has 0 aliphatic rings. The molecule has 11 nitrogen and oxygen atoms in total. The molecule has 0 fully saturated rings. The van der Waals surface area contributed by atoms with Crippen molar-refractivity contribution < 1.29 is 27.3 Å². The lowest BCUT2D eigenvalue weighted by atomic mass is 10.0. The van der Waals surface area contributed by atoms with Crippen molar-refractivity contribution in [3.63, 3.8) is 0 Å². The molecule has 0 bridgehead atoms. The summed E-state index contributed by atoms with van der Waals surface area (Å²) in [6, 6.07) is 23.6. The van der Waals surface area contributed by atoms with Gasteiger partial charge in [0, 0.05) is 35.4 Å². The molecule has 234 valence electrons. The Balaban J connectivity index is 1.50. The predicted molar refractivity (Wildman–Crippen MR) is 171 cm³/mol. The topological polar surface area (TPSA) is 160 Å². The Morgan fingerprint density at radius 3 is 2.18 bits per heavy atom. The molecule has 0 aliphatic heterocycles. The van der Waals surface area contributed by atoms with Crippen molar-refractivity contribution in [2.75, 3.05) is 24.2 Å². The number of carbonyl (C=O) groups excluding carboxylic acids is 2. The third kappa shape index (κ3) is 9.27. The van der Waals surface area contributed by atoms with E-state index in [2.05, 4.69) is 16.0 Å². The van der Waals surface area contributed by atoms with E-state index in [0.717, 1.165) is 17.0 Å². The summed E-state index contributed by atoms with van der Waals surface area (Å²) in [5, 5.41) is 20.4. The summed E-state index contributed by atoms with van der Waals surface area (Å²) in [5.41, 5.74) is 0.947. The average molecular weight is 652 g/mol. The van der Waals surface area contributed by atoms with Gasteiger partial charge in [0.05, 0.1) is 15.9 Å². The molecule has 4 N–H and O–H groups in total. The maximum absolute atomic E-state index is 13.2. The van der Waals surface area contributed by atoms with Gasteiger partial charge in [-0.2, -0.15) is 0 Å². The number of hydrogen-bond acceptors (Lipinski definition) is 8. The van der Waals surface area contributed by atoms with Crippen LogP contribution >= 0.6 is 11.8 Å². The van der Waals surface area contributed by atoms with Crippen LogP contribution in [0.1, 0.15) is 17.3 Å². The van der Waals surface area contributed by atoms with Crippen LogP contribution in [0.15, 0.2) is 107 Å². The second kappa shape index (κ2) is 15.2. The van der Waals surface area contributed by atoms with Gasteiger partial charge in [-0.25, -0.2) is 22.3 Å². The highest BCUT2D eigenvalue weighted by Gasteiger charge is 2.25. The van der Waals surface area contributed by atoms with Gasteiger partial charge in [0.1, 0.15) is 11.5 Å². The number of nitro groups is 1. The first-order valence-corrected chi connectivity index (χ1v) is 16.2. The van der Waals surface area contributed by atoms with Crippen LogP contribution in [0.3, 0.4) is 0 Å². The van der Waals surface area contributed by atoms with Gasteiger partial charge < -0.3 is 16.0 Å². The minimum Gasteiger partial charge on any atom is -0.374 e. The minimum atomic E-state index is -4.49. The third-order valence-electron chi connectivity index (χ3n) is 6.43. The molecule has 0 aromatic heterocycles. The fourth-order valence-electron chi connectivity index (χ4n) is 4.17. The van der Waals surface area contributed by atoms with E-state index < -0.39 is 43.5 Å². The fraction of sp³-hybridized carbons (Fsp3) is 0.161. The maximum Gasteiger partial charge on any atom is 0.314 e. The second-order valence-electron chi connectivity index (χ2n) is 9.66. The van der Waals surface area contributed by atoms with Crippen LogP contribution < -0.4 is 20.7 Å². The molecule has 0 spiro atoms. The summed E-state index contributed by atoms with van der Waals surface area (Å²) in [6.45, 7) is 2.31. The summed E-state index contributed by atoms with van der Waals surface area (Å²) >= 11 is 1.48. The highest BCUT2D eigenvalue weighted by molar-refractivity contribution is 7.99. The number of nitrogens with zero attached hydrogens (tertiary/aromatic N) is 1. The van der Waals surface area contributed by atoms with Crippen LogP contribution in [-0.4, -0.2) is 50.2 Å². The van der Waals surface area contributed by atoms with Gasteiger partial charge in [0.15, 0.2) is 0 Å². The fourth-order valence-corrected chi connectivity index (χ4v) is 6.11. The van der Waals surface area contributed by atoms with Crippen LogP contribution in [0.4, 0.5) is 20.6 Å². The van der Waals surface area contributed by atoms with Crippen molar-refractivity contribution in [2.24, 2.45) is 0 Å². The van der Waals surface area contributed by atoms with E-state index in [1.54, 1.807) is 31.2 Å². The summed E-state index contributed by atoms with van der Waals surface area (Å²) in [6.07, 6.45) is 0. The maximum atomic E-state index is 13.2.